The molecule has 0 unspecified atom stereocenters. The monoisotopic (exact) mass is 505 g/mol. The van der Waals surface area contributed by atoms with Crippen molar-refractivity contribution < 1.29 is 14.4 Å². The predicted octanol–water partition coefficient (Wildman–Crippen LogP) is 4.70. The molecular formula is C30H27N5O3. The summed E-state index contributed by atoms with van der Waals surface area (Å²) in [5, 5.41) is 7.92. The zero-order valence-electron chi connectivity index (χ0n) is 21.0. The molecule has 0 saturated carbocycles. The number of rotatable bonds is 6. The van der Waals surface area contributed by atoms with Gasteiger partial charge >= 0.3 is 5.97 Å². The number of nitrogens with zero attached hydrogens (tertiary/aromatic N) is 5. The molecule has 1 aliphatic rings. The van der Waals surface area contributed by atoms with Gasteiger partial charge in [0.2, 0.25) is 0 Å². The lowest BCUT2D eigenvalue weighted by Crippen LogP contribution is -2.46. The van der Waals surface area contributed by atoms with E-state index < -0.39 is 5.97 Å². The molecule has 0 amide bonds. The van der Waals surface area contributed by atoms with Crippen molar-refractivity contribution in [1.82, 2.24) is 15.2 Å². The number of piperazine rings is 1. The predicted molar refractivity (Wildman–Crippen MR) is 148 cm³/mol. The van der Waals surface area contributed by atoms with Crippen LogP contribution in [0.4, 0.5) is 11.4 Å². The lowest BCUT2D eigenvalue weighted by atomic mass is 10.0. The molecule has 1 fully saturated rings. The number of aromatic nitrogens is 3. The van der Waals surface area contributed by atoms with Gasteiger partial charge in [-0.2, -0.15) is 0 Å². The van der Waals surface area contributed by atoms with E-state index in [-0.39, 0.29) is 0 Å². The van der Waals surface area contributed by atoms with Crippen molar-refractivity contribution in [2.75, 3.05) is 43.1 Å². The molecule has 1 aromatic heterocycles. The Bertz CT molecular complexity index is 1540. The second-order valence-electron chi connectivity index (χ2n) is 9.13. The minimum atomic E-state index is -0.490. The van der Waals surface area contributed by atoms with Crippen LogP contribution in [0.1, 0.15) is 10.4 Å². The van der Waals surface area contributed by atoms with Crippen molar-refractivity contribution in [3.05, 3.63) is 103 Å². The highest BCUT2D eigenvalue weighted by atomic mass is 16.7. The van der Waals surface area contributed by atoms with Crippen LogP contribution in [0, 0.1) is 0 Å². The molecule has 0 aliphatic carbocycles. The van der Waals surface area contributed by atoms with Gasteiger partial charge in [0.1, 0.15) is 16.8 Å². The first-order valence-electron chi connectivity index (χ1n) is 12.6. The van der Waals surface area contributed by atoms with E-state index in [0.29, 0.717) is 16.6 Å². The molecule has 38 heavy (non-hydrogen) atoms. The third-order valence-corrected chi connectivity index (χ3v) is 6.89. The summed E-state index contributed by atoms with van der Waals surface area (Å²) < 4.78 is 5.27. The Morgan fingerprint density at radius 3 is 1.87 bits per heavy atom. The SMILES string of the molecule is COc1ccc(N2CCN(c3ccc(-c4ccc(C(=O)On5nnc6ccccc65)cc4)cc3)CC2)cc1. The van der Waals surface area contributed by atoms with Crippen molar-refractivity contribution in [2.45, 2.75) is 0 Å². The van der Waals surface area contributed by atoms with Crippen LogP contribution in [0.25, 0.3) is 22.2 Å². The lowest BCUT2D eigenvalue weighted by Gasteiger charge is -2.37. The number of hydrogen-bond donors (Lipinski definition) is 0. The molecular weight excluding hydrogens is 478 g/mol. The van der Waals surface area contributed by atoms with E-state index in [9.17, 15) is 4.79 Å². The average molecular weight is 506 g/mol. The van der Waals surface area contributed by atoms with Crippen molar-refractivity contribution in [2.24, 2.45) is 0 Å². The summed E-state index contributed by atoms with van der Waals surface area (Å²) in [5.41, 5.74) is 6.31. The van der Waals surface area contributed by atoms with Crippen molar-refractivity contribution in [3.8, 4) is 16.9 Å². The van der Waals surface area contributed by atoms with Crippen LogP contribution in [0.15, 0.2) is 97.1 Å². The normalized spacial score (nSPS) is 13.5. The van der Waals surface area contributed by atoms with Crippen LogP contribution in [0.2, 0.25) is 0 Å². The maximum Gasteiger partial charge on any atom is 0.365 e. The molecule has 0 atom stereocenters. The molecule has 190 valence electrons. The number of carbonyl (C=O) groups excluding carboxylic acids is 1. The number of hydrogen-bond acceptors (Lipinski definition) is 7. The highest BCUT2D eigenvalue weighted by Gasteiger charge is 2.18. The first kappa shape index (κ1) is 23.5. The second-order valence-corrected chi connectivity index (χ2v) is 9.13. The van der Waals surface area contributed by atoms with Gasteiger partial charge in [0.25, 0.3) is 0 Å². The zero-order valence-corrected chi connectivity index (χ0v) is 21.0. The lowest BCUT2D eigenvalue weighted by molar-refractivity contribution is 0.0409. The largest absolute Gasteiger partial charge is 0.497 e. The van der Waals surface area contributed by atoms with Gasteiger partial charge in [0.15, 0.2) is 0 Å². The maximum atomic E-state index is 12.6. The Morgan fingerprint density at radius 1 is 0.711 bits per heavy atom. The van der Waals surface area contributed by atoms with Crippen LogP contribution in [0.3, 0.4) is 0 Å². The number of carbonyl (C=O) groups is 1. The van der Waals surface area contributed by atoms with Gasteiger partial charge in [0, 0.05) is 37.6 Å². The third-order valence-electron chi connectivity index (χ3n) is 6.89. The summed E-state index contributed by atoms with van der Waals surface area (Å²) in [4.78, 5) is 24.0. The van der Waals surface area contributed by atoms with Gasteiger partial charge < -0.3 is 19.4 Å². The molecule has 6 rings (SSSR count). The van der Waals surface area contributed by atoms with Gasteiger partial charge in [-0.15, -0.1) is 5.10 Å². The summed E-state index contributed by atoms with van der Waals surface area (Å²) in [5.74, 6) is 0.388. The summed E-state index contributed by atoms with van der Waals surface area (Å²) >= 11 is 0. The highest BCUT2D eigenvalue weighted by Crippen LogP contribution is 2.26. The number of anilines is 2. The van der Waals surface area contributed by atoms with Gasteiger partial charge in [-0.25, -0.2) is 4.79 Å². The smallest absolute Gasteiger partial charge is 0.365 e. The molecule has 5 aromatic rings. The van der Waals surface area contributed by atoms with Crippen LogP contribution in [-0.2, 0) is 0 Å². The topological polar surface area (TPSA) is 72.7 Å². The summed E-state index contributed by atoms with van der Waals surface area (Å²) in [6, 6.07) is 31.5. The number of fused-ring (bicyclic) bond motifs is 1. The highest BCUT2D eigenvalue weighted by molar-refractivity contribution is 5.90. The Kier molecular flexibility index (Phi) is 6.35. The zero-order chi connectivity index (χ0) is 25.9. The van der Waals surface area contributed by atoms with E-state index in [1.165, 1.54) is 11.4 Å². The number of ether oxygens (including phenoxy) is 1. The quantitative estimate of drug-likeness (QED) is 0.310. The van der Waals surface area contributed by atoms with Gasteiger partial charge in [-0.3, -0.25) is 0 Å². The minimum Gasteiger partial charge on any atom is -0.497 e. The molecule has 8 nitrogen and oxygen atoms in total. The molecule has 4 aromatic carbocycles. The molecule has 8 heteroatoms. The Hall–Kier alpha value is -4.85. The van der Waals surface area contributed by atoms with E-state index in [1.54, 1.807) is 25.3 Å². The Balaban J connectivity index is 1.07. The summed E-state index contributed by atoms with van der Waals surface area (Å²) in [6.45, 7) is 3.86. The Morgan fingerprint density at radius 2 is 1.26 bits per heavy atom. The van der Waals surface area contributed by atoms with Crippen LogP contribution in [0.5, 0.6) is 5.75 Å². The molecule has 1 saturated heterocycles. The summed E-state index contributed by atoms with van der Waals surface area (Å²) in [6.07, 6.45) is 0. The van der Waals surface area contributed by atoms with E-state index in [2.05, 4.69) is 56.5 Å². The standard InChI is InChI=1S/C30H27N5O3/c1-37-27-16-14-26(15-17-27)34-20-18-33(19-21-34)25-12-10-23(11-13-25)22-6-8-24(9-7-22)30(36)38-35-29-5-3-2-4-28(29)31-32-35/h2-17H,18-21H2,1H3. The van der Waals surface area contributed by atoms with Crippen LogP contribution >= 0.6 is 0 Å². The van der Waals surface area contributed by atoms with Gasteiger partial charge in [-0.05, 0) is 77.0 Å². The fourth-order valence-corrected chi connectivity index (χ4v) is 4.73. The first-order chi connectivity index (χ1) is 18.7. The fraction of sp³-hybridized carbons (Fsp3) is 0.167. The van der Waals surface area contributed by atoms with Gasteiger partial charge in [-0.1, -0.05) is 41.2 Å². The molecule has 0 N–H and O–H groups in total. The van der Waals surface area contributed by atoms with E-state index in [4.69, 9.17) is 9.57 Å². The second kappa shape index (κ2) is 10.3. The molecule has 0 radical (unpaired) electrons. The Labute approximate surface area is 220 Å². The number of benzene rings is 4. The maximum absolute atomic E-state index is 12.6. The van der Waals surface area contributed by atoms with E-state index >= 15 is 0 Å². The van der Waals surface area contributed by atoms with Crippen LogP contribution < -0.4 is 19.4 Å². The molecule has 0 bridgehead atoms. The van der Waals surface area contributed by atoms with E-state index in [0.717, 1.165) is 47.9 Å². The number of para-hydroxylation sites is 1. The number of methoxy groups -OCH3 is 1. The average Bonchev–Trinajstić information content (AvgIpc) is 3.40. The first-order valence-corrected chi connectivity index (χ1v) is 12.6. The van der Waals surface area contributed by atoms with Crippen molar-refractivity contribution in [1.29, 1.82) is 0 Å². The van der Waals surface area contributed by atoms with E-state index in [1.807, 2.05) is 42.5 Å². The summed E-state index contributed by atoms with van der Waals surface area (Å²) in [7, 11) is 1.69. The third kappa shape index (κ3) is 4.76. The molecule has 2 heterocycles. The molecule has 1 aliphatic heterocycles. The fourth-order valence-electron chi connectivity index (χ4n) is 4.73. The minimum absolute atomic E-state index is 0.444. The molecule has 0 spiro atoms. The van der Waals surface area contributed by atoms with Crippen molar-refractivity contribution >= 4 is 28.4 Å². The van der Waals surface area contributed by atoms with Crippen LogP contribution in [-0.4, -0.2) is 54.4 Å². The van der Waals surface area contributed by atoms with Crippen molar-refractivity contribution in [3.63, 3.8) is 0 Å². The van der Waals surface area contributed by atoms with Gasteiger partial charge in [0.05, 0.1) is 12.7 Å².